The van der Waals surface area contributed by atoms with Crippen LogP contribution in [0.3, 0.4) is 0 Å². The molecule has 0 saturated carbocycles. The second kappa shape index (κ2) is 8.80. The van der Waals surface area contributed by atoms with Crippen molar-refractivity contribution in [1.82, 2.24) is 14.9 Å². The molecule has 1 fully saturated rings. The molecule has 2 aliphatic carbocycles. The van der Waals surface area contributed by atoms with Crippen LogP contribution in [0.4, 0.5) is 4.79 Å². The number of aromatic amines is 1. The maximum absolute atomic E-state index is 12.8. The maximum Gasteiger partial charge on any atom is 0.410 e. The SMILES string of the molecule is BC1C=CC(C2C=CC(c3[nH]c([C@@H]4C[C@H](C)CN4C(=O)OC(C)(C)C)nc3C)=CC2)=CC1. The summed E-state index contributed by atoms with van der Waals surface area (Å²) < 4.78 is 5.66. The fourth-order valence-electron chi connectivity index (χ4n) is 4.82. The van der Waals surface area contributed by atoms with Crippen LogP contribution in [0, 0.1) is 18.8 Å². The third kappa shape index (κ3) is 4.95. The first-order valence-electron chi connectivity index (χ1n) is 11.9. The number of carbonyl (C=O) groups is 1. The van der Waals surface area contributed by atoms with Gasteiger partial charge in [0.25, 0.3) is 0 Å². The number of nitrogens with one attached hydrogen (secondary N) is 1. The van der Waals surface area contributed by atoms with Gasteiger partial charge in [-0.15, -0.1) is 0 Å². The number of imidazole rings is 1. The molecule has 4 atom stereocenters. The number of aromatic nitrogens is 2. The molecule has 0 aromatic carbocycles. The molecule has 2 unspecified atom stereocenters. The van der Waals surface area contributed by atoms with E-state index in [1.807, 2.05) is 32.6 Å². The molecule has 1 aliphatic heterocycles. The predicted molar refractivity (Wildman–Crippen MR) is 132 cm³/mol. The van der Waals surface area contributed by atoms with Crippen molar-refractivity contribution in [2.24, 2.45) is 11.8 Å². The maximum atomic E-state index is 12.8. The van der Waals surface area contributed by atoms with Gasteiger partial charge in [-0.1, -0.05) is 43.4 Å². The van der Waals surface area contributed by atoms with E-state index >= 15 is 0 Å². The number of H-pyrrole nitrogens is 1. The number of hydrogen-bond acceptors (Lipinski definition) is 3. The topological polar surface area (TPSA) is 58.2 Å². The summed E-state index contributed by atoms with van der Waals surface area (Å²) in [4.78, 5) is 23.1. The number of hydrogen-bond donors (Lipinski definition) is 1. The highest BCUT2D eigenvalue weighted by Crippen LogP contribution is 2.37. The number of amides is 1. The summed E-state index contributed by atoms with van der Waals surface area (Å²) in [5, 5.41) is 0. The average molecular weight is 433 g/mol. The molecular weight excluding hydrogens is 397 g/mol. The van der Waals surface area contributed by atoms with Gasteiger partial charge in [-0.05, 0) is 69.8 Å². The Morgan fingerprint density at radius 2 is 2.00 bits per heavy atom. The number of nitrogens with zero attached hydrogens (tertiary/aromatic N) is 2. The van der Waals surface area contributed by atoms with E-state index in [-0.39, 0.29) is 12.1 Å². The monoisotopic (exact) mass is 433 g/mol. The van der Waals surface area contributed by atoms with Crippen molar-refractivity contribution in [3.05, 3.63) is 59.2 Å². The lowest BCUT2D eigenvalue weighted by Crippen LogP contribution is -2.37. The van der Waals surface area contributed by atoms with Gasteiger partial charge in [-0.2, -0.15) is 0 Å². The Balaban J connectivity index is 1.50. The number of likely N-dealkylation sites (tertiary alicyclic amines) is 1. The summed E-state index contributed by atoms with van der Waals surface area (Å²) >= 11 is 0. The molecule has 6 heteroatoms. The molecule has 1 N–H and O–H groups in total. The normalized spacial score (nSPS) is 28.0. The lowest BCUT2D eigenvalue weighted by Gasteiger charge is -2.27. The average Bonchev–Trinajstić information content (AvgIpc) is 3.30. The van der Waals surface area contributed by atoms with Crippen LogP contribution in [0.15, 0.2) is 42.0 Å². The quantitative estimate of drug-likeness (QED) is 0.658. The van der Waals surface area contributed by atoms with Crippen molar-refractivity contribution < 1.29 is 9.53 Å². The molecule has 2 heterocycles. The van der Waals surface area contributed by atoms with Gasteiger partial charge in [0.15, 0.2) is 0 Å². The number of allylic oxidation sites excluding steroid dienone is 8. The second-order valence-corrected chi connectivity index (χ2v) is 10.7. The van der Waals surface area contributed by atoms with Gasteiger partial charge in [0.2, 0.25) is 0 Å². The fraction of sp³-hybridized carbons (Fsp3) is 0.538. The number of rotatable bonds is 3. The first-order valence-corrected chi connectivity index (χ1v) is 11.9. The molecule has 1 aromatic heterocycles. The van der Waals surface area contributed by atoms with Crippen molar-refractivity contribution in [3.8, 4) is 0 Å². The fourth-order valence-corrected chi connectivity index (χ4v) is 4.82. The van der Waals surface area contributed by atoms with Gasteiger partial charge >= 0.3 is 6.09 Å². The molecule has 1 saturated heterocycles. The van der Waals surface area contributed by atoms with E-state index in [1.54, 1.807) is 0 Å². The first kappa shape index (κ1) is 22.7. The number of aryl methyl sites for hydroxylation is 1. The van der Waals surface area contributed by atoms with Crippen LogP contribution in [0.1, 0.15) is 70.2 Å². The summed E-state index contributed by atoms with van der Waals surface area (Å²) in [5.74, 6) is 2.36. The Hall–Kier alpha value is -2.50. The van der Waals surface area contributed by atoms with Gasteiger partial charge in [-0.25, -0.2) is 9.78 Å². The highest BCUT2D eigenvalue weighted by Gasteiger charge is 2.38. The van der Waals surface area contributed by atoms with Crippen molar-refractivity contribution in [2.45, 2.75) is 71.3 Å². The van der Waals surface area contributed by atoms with Gasteiger partial charge < -0.3 is 9.72 Å². The largest absolute Gasteiger partial charge is 0.444 e. The van der Waals surface area contributed by atoms with Crippen LogP contribution in [0.2, 0.25) is 5.82 Å². The van der Waals surface area contributed by atoms with Gasteiger partial charge in [-0.3, -0.25) is 4.90 Å². The molecule has 32 heavy (non-hydrogen) atoms. The Kier molecular flexibility index (Phi) is 6.24. The van der Waals surface area contributed by atoms with E-state index in [1.165, 1.54) is 11.1 Å². The van der Waals surface area contributed by atoms with E-state index < -0.39 is 5.60 Å². The van der Waals surface area contributed by atoms with E-state index in [0.29, 0.717) is 24.2 Å². The number of carbonyl (C=O) groups excluding carboxylic acids is 1. The molecular formula is C26H36BN3O2. The minimum Gasteiger partial charge on any atom is -0.444 e. The minimum absolute atomic E-state index is 0.0762. The smallest absolute Gasteiger partial charge is 0.410 e. The molecule has 0 spiro atoms. The van der Waals surface area contributed by atoms with Gasteiger partial charge in [0, 0.05) is 12.5 Å². The summed E-state index contributed by atoms with van der Waals surface area (Å²) in [6, 6.07) is -0.0762. The highest BCUT2D eigenvalue weighted by molar-refractivity contribution is 6.13. The first-order chi connectivity index (χ1) is 15.1. The molecule has 1 amide bonds. The molecule has 170 valence electrons. The Bertz CT molecular complexity index is 995. The van der Waals surface area contributed by atoms with Crippen LogP contribution < -0.4 is 0 Å². The Labute approximate surface area is 193 Å². The zero-order valence-electron chi connectivity index (χ0n) is 20.3. The lowest BCUT2D eigenvalue weighted by atomic mass is 9.78. The standard InChI is InChI=1S/C26H36BN3O2/c1-16-14-22(30(15-16)25(31)32-26(3,4)5)24-28-17(2)23(29-24)20-8-6-18(7-9-20)19-10-12-21(27)13-11-19/h6,8-12,16,18,21-22H,7,13-15,27H2,1-5H3,(H,28,29)/t16-,18?,21?,22-/m0/s1. The second-order valence-electron chi connectivity index (χ2n) is 10.7. The molecule has 3 aliphatic rings. The van der Waals surface area contributed by atoms with Crippen molar-refractivity contribution in [1.29, 1.82) is 0 Å². The predicted octanol–water partition coefficient (Wildman–Crippen LogP) is 5.30. The zero-order valence-corrected chi connectivity index (χ0v) is 20.3. The van der Waals surface area contributed by atoms with E-state index in [4.69, 9.17) is 9.72 Å². The van der Waals surface area contributed by atoms with Crippen molar-refractivity contribution in [2.75, 3.05) is 6.54 Å². The van der Waals surface area contributed by atoms with Crippen LogP contribution in [-0.4, -0.2) is 41.0 Å². The van der Waals surface area contributed by atoms with Crippen LogP contribution in [0.5, 0.6) is 0 Å². The van der Waals surface area contributed by atoms with Crippen molar-refractivity contribution in [3.63, 3.8) is 0 Å². The summed E-state index contributed by atoms with van der Waals surface area (Å²) in [6.45, 7) is 10.6. The Morgan fingerprint density at radius 3 is 2.62 bits per heavy atom. The third-order valence-electron chi connectivity index (χ3n) is 6.52. The van der Waals surface area contributed by atoms with Crippen LogP contribution >= 0.6 is 0 Å². The van der Waals surface area contributed by atoms with E-state index in [9.17, 15) is 4.79 Å². The highest BCUT2D eigenvalue weighted by atomic mass is 16.6. The zero-order chi connectivity index (χ0) is 23.0. The van der Waals surface area contributed by atoms with E-state index in [0.717, 1.165) is 36.5 Å². The van der Waals surface area contributed by atoms with Gasteiger partial charge in [0.1, 0.15) is 19.3 Å². The number of ether oxygens (including phenoxy) is 1. The van der Waals surface area contributed by atoms with Crippen molar-refractivity contribution >= 4 is 19.5 Å². The lowest BCUT2D eigenvalue weighted by molar-refractivity contribution is 0.0214. The summed E-state index contributed by atoms with van der Waals surface area (Å²) in [5.41, 5.74) is 4.13. The third-order valence-corrected chi connectivity index (χ3v) is 6.52. The molecule has 0 bridgehead atoms. The van der Waals surface area contributed by atoms with Crippen LogP contribution in [-0.2, 0) is 4.74 Å². The van der Waals surface area contributed by atoms with Gasteiger partial charge in [0.05, 0.1) is 17.4 Å². The molecule has 0 radical (unpaired) electrons. The Morgan fingerprint density at radius 1 is 1.22 bits per heavy atom. The summed E-state index contributed by atoms with van der Waals surface area (Å²) in [7, 11) is 2.26. The van der Waals surface area contributed by atoms with Crippen LogP contribution in [0.25, 0.3) is 5.57 Å². The van der Waals surface area contributed by atoms with E-state index in [2.05, 4.69) is 56.2 Å². The molecule has 1 aromatic rings. The molecule has 4 rings (SSSR count). The molecule has 5 nitrogen and oxygen atoms in total. The minimum atomic E-state index is -0.507. The summed E-state index contributed by atoms with van der Waals surface area (Å²) in [6.07, 6.45) is 16.6.